The molecule has 0 aliphatic heterocycles. The molecule has 0 unspecified atom stereocenters. The predicted molar refractivity (Wildman–Crippen MR) is 57.3 cm³/mol. The third-order valence-corrected chi connectivity index (χ3v) is 3.44. The van der Waals surface area contributed by atoms with Crippen molar-refractivity contribution in [3.05, 3.63) is 22.6 Å². The lowest BCUT2D eigenvalue weighted by molar-refractivity contribution is 0.0859. The molecule has 1 aromatic heterocycles. The Labute approximate surface area is 91.8 Å². The van der Waals surface area contributed by atoms with Crippen LogP contribution in [-0.2, 0) is 0 Å². The fourth-order valence-corrected chi connectivity index (χ4v) is 2.42. The van der Waals surface area contributed by atoms with Crippen molar-refractivity contribution in [2.45, 2.75) is 32.1 Å². The highest BCUT2D eigenvalue weighted by Gasteiger charge is 2.25. The Balaban J connectivity index is 2.11. The maximum absolute atomic E-state index is 12.0. The number of furan rings is 1. The normalized spacial score (nSPS) is 18.4. The van der Waals surface area contributed by atoms with Crippen molar-refractivity contribution in [2.75, 3.05) is 0 Å². The largest absolute Gasteiger partial charge is 0.460 e. The average molecular weight is 257 g/mol. The van der Waals surface area contributed by atoms with Gasteiger partial charge in [0.25, 0.3) is 0 Å². The van der Waals surface area contributed by atoms with Crippen molar-refractivity contribution in [1.82, 2.24) is 0 Å². The van der Waals surface area contributed by atoms with Gasteiger partial charge in [-0.2, -0.15) is 0 Å². The number of carbonyl (C=O) groups is 1. The van der Waals surface area contributed by atoms with Crippen LogP contribution < -0.4 is 0 Å². The molecule has 2 rings (SSSR count). The molecule has 76 valence electrons. The van der Waals surface area contributed by atoms with Gasteiger partial charge in [-0.05, 0) is 34.8 Å². The van der Waals surface area contributed by atoms with Crippen LogP contribution in [-0.4, -0.2) is 5.78 Å². The van der Waals surface area contributed by atoms with Crippen LogP contribution in [0.1, 0.15) is 42.7 Å². The zero-order chi connectivity index (χ0) is 9.97. The Morgan fingerprint density at radius 1 is 1.36 bits per heavy atom. The quantitative estimate of drug-likeness (QED) is 0.754. The molecule has 14 heavy (non-hydrogen) atoms. The van der Waals surface area contributed by atoms with Crippen LogP contribution >= 0.6 is 15.9 Å². The summed E-state index contributed by atoms with van der Waals surface area (Å²) < 4.78 is 5.97. The van der Waals surface area contributed by atoms with Crippen LogP contribution in [0.5, 0.6) is 0 Å². The van der Waals surface area contributed by atoms with Crippen LogP contribution in [0.4, 0.5) is 0 Å². The van der Waals surface area contributed by atoms with Crippen LogP contribution in [0.15, 0.2) is 21.2 Å². The summed E-state index contributed by atoms with van der Waals surface area (Å²) in [6, 6.07) is 1.77. The van der Waals surface area contributed by atoms with Gasteiger partial charge >= 0.3 is 0 Å². The van der Waals surface area contributed by atoms with E-state index in [9.17, 15) is 4.79 Å². The zero-order valence-corrected chi connectivity index (χ0v) is 9.55. The standard InChI is InChI=1S/C11H13BrO2/c12-9-6-7-14-11(9)10(13)8-4-2-1-3-5-8/h6-8H,1-5H2. The summed E-state index contributed by atoms with van der Waals surface area (Å²) in [7, 11) is 0. The molecule has 1 heterocycles. The second-order valence-electron chi connectivity index (χ2n) is 3.80. The van der Waals surface area contributed by atoms with Gasteiger partial charge < -0.3 is 4.42 Å². The molecule has 0 bridgehead atoms. The number of hydrogen-bond acceptors (Lipinski definition) is 2. The molecule has 1 saturated carbocycles. The van der Waals surface area contributed by atoms with Crippen LogP contribution in [0.2, 0.25) is 0 Å². The van der Waals surface area contributed by atoms with Crippen molar-refractivity contribution in [3.8, 4) is 0 Å². The van der Waals surface area contributed by atoms with Gasteiger partial charge in [0.2, 0.25) is 5.78 Å². The number of carbonyl (C=O) groups excluding carboxylic acids is 1. The van der Waals surface area contributed by atoms with E-state index in [1.807, 2.05) is 0 Å². The lowest BCUT2D eigenvalue weighted by atomic mass is 9.85. The summed E-state index contributed by atoms with van der Waals surface area (Å²) >= 11 is 3.32. The first-order valence-electron chi connectivity index (χ1n) is 5.06. The molecule has 2 nitrogen and oxygen atoms in total. The number of ketones is 1. The van der Waals surface area contributed by atoms with Gasteiger partial charge in [0, 0.05) is 5.92 Å². The first kappa shape index (κ1) is 9.97. The van der Waals surface area contributed by atoms with Crippen molar-refractivity contribution < 1.29 is 9.21 Å². The minimum Gasteiger partial charge on any atom is -0.460 e. The predicted octanol–water partition coefficient (Wildman–Crippen LogP) is 3.81. The maximum Gasteiger partial charge on any atom is 0.202 e. The molecule has 0 spiro atoms. The molecule has 0 N–H and O–H groups in total. The Kier molecular flexibility index (Phi) is 3.06. The highest BCUT2D eigenvalue weighted by molar-refractivity contribution is 9.10. The fourth-order valence-electron chi connectivity index (χ4n) is 2.02. The smallest absolute Gasteiger partial charge is 0.202 e. The summed E-state index contributed by atoms with van der Waals surface area (Å²) in [5.41, 5.74) is 0. The first-order valence-corrected chi connectivity index (χ1v) is 5.85. The Morgan fingerprint density at radius 3 is 2.64 bits per heavy atom. The van der Waals surface area contributed by atoms with E-state index in [0.717, 1.165) is 17.3 Å². The van der Waals surface area contributed by atoms with Crippen molar-refractivity contribution in [2.24, 2.45) is 5.92 Å². The summed E-state index contributed by atoms with van der Waals surface area (Å²) in [4.78, 5) is 12.0. The molecule has 1 aromatic rings. The van der Waals surface area contributed by atoms with Crippen LogP contribution in [0.25, 0.3) is 0 Å². The molecule has 0 atom stereocenters. The number of rotatable bonds is 2. The summed E-state index contributed by atoms with van der Waals surface area (Å²) in [5.74, 6) is 0.852. The third kappa shape index (κ3) is 1.92. The molecule has 1 aliphatic rings. The van der Waals surface area contributed by atoms with Crippen LogP contribution in [0.3, 0.4) is 0 Å². The Hall–Kier alpha value is -0.570. The average Bonchev–Trinajstić information content (AvgIpc) is 2.65. The van der Waals surface area contributed by atoms with E-state index in [2.05, 4.69) is 15.9 Å². The van der Waals surface area contributed by atoms with Gasteiger partial charge in [-0.1, -0.05) is 19.3 Å². The van der Waals surface area contributed by atoms with Gasteiger partial charge in [0.05, 0.1) is 10.7 Å². The van der Waals surface area contributed by atoms with Gasteiger partial charge in [0.15, 0.2) is 5.76 Å². The maximum atomic E-state index is 12.0. The lowest BCUT2D eigenvalue weighted by Crippen LogP contribution is -2.17. The zero-order valence-electron chi connectivity index (χ0n) is 7.96. The van der Waals surface area contributed by atoms with Gasteiger partial charge in [0.1, 0.15) is 0 Å². The molecule has 0 radical (unpaired) electrons. The lowest BCUT2D eigenvalue weighted by Gasteiger charge is -2.19. The molecular weight excluding hydrogens is 244 g/mol. The minimum atomic E-state index is 0.168. The van der Waals surface area contributed by atoms with E-state index in [0.29, 0.717) is 5.76 Å². The summed E-state index contributed by atoms with van der Waals surface area (Å²) in [6.07, 6.45) is 7.21. The molecule has 1 aliphatic carbocycles. The number of Topliss-reactive ketones (excluding diaryl/α,β-unsaturated/α-hetero) is 1. The van der Waals surface area contributed by atoms with Crippen LogP contribution in [0, 0.1) is 5.92 Å². The van der Waals surface area contributed by atoms with E-state index in [-0.39, 0.29) is 11.7 Å². The van der Waals surface area contributed by atoms with E-state index in [4.69, 9.17) is 4.42 Å². The Morgan fingerprint density at radius 2 is 2.07 bits per heavy atom. The monoisotopic (exact) mass is 256 g/mol. The van der Waals surface area contributed by atoms with Gasteiger partial charge in [-0.25, -0.2) is 0 Å². The van der Waals surface area contributed by atoms with Crippen molar-refractivity contribution >= 4 is 21.7 Å². The highest BCUT2D eigenvalue weighted by atomic mass is 79.9. The number of halogens is 1. The van der Waals surface area contributed by atoms with E-state index in [1.54, 1.807) is 12.3 Å². The second-order valence-corrected chi connectivity index (χ2v) is 4.65. The minimum absolute atomic E-state index is 0.168. The first-order chi connectivity index (χ1) is 6.79. The van der Waals surface area contributed by atoms with Crippen molar-refractivity contribution in [3.63, 3.8) is 0 Å². The highest BCUT2D eigenvalue weighted by Crippen LogP contribution is 2.29. The molecular formula is C11H13BrO2. The van der Waals surface area contributed by atoms with E-state index in [1.165, 1.54) is 19.3 Å². The molecule has 0 amide bonds. The SMILES string of the molecule is O=C(c1occc1Br)C1CCCCC1. The number of hydrogen-bond donors (Lipinski definition) is 0. The molecule has 0 aromatic carbocycles. The fraction of sp³-hybridized carbons (Fsp3) is 0.545. The van der Waals surface area contributed by atoms with Gasteiger partial charge in [-0.3, -0.25) is 4.79 Å². The van der Waals surface area contributed by atoms with Crippen molar-refractivity contribution in [1.29, 1.82) is 0 Å². The Bertz CT molecular complexity index is 324. The van der Waals surface area contributed by atoms with E-state index < -0.39 is 0 Å². The topological polar surface area (TPSA) is 30.2 Å². The summed E-state index contributed by atoms with van der Waals surface area (Å²) in [5, 5.41) is 0. The molecule has 3 heteroatoms. The van der Waals surface area contributed by atoms with Gasteiger partial charge in [-0.15, -0.1) is 0 Å². The molecule has 0 saturated heterocycles. The summed E-state index contributed by atoms with van der Waals surface area (Å²) in [6.45, 7) is 0. The second kappa shape index (κ2) is 4.30. The van der Waals surface area contributed by atoms with E-state index >= 15 is 0 Å². The molecule has 1 fully saturated rings. The third-order valence-electron chi connectivity index (χ3n) is 2.82.